The van der Waals surface area contributed by atoms with Crippen LogP contribution < -0.4 is 4.74 Å². The Morgan fingerprint density at radius 2 is 2.00 bits per heavy atom. The van der Waals surface area contributed by atoms with Crippen LogP contribution in [0.15, 0.2) is 35.9 Å². The molecule has 0 aliphatic heterocycles. The first-order chi connectivity index (χ1) is 7.49. The first-order valence-corrected chi connectivity index (χ1v) is 5.45. The normalized spacial score (nSPS) is 10.1. The topological polar surface area (TPSA) is 26.3 Å². The molecule has 0 aliphatic carbocycles. The van der Waals surface area contributed by atoms with Crippen molar-refractivity contribution in [2.45, 2.75) is 33.8 Å². The van der Waals surface area contributed by atoms with Crippen molar-refractivity contribution < 1.29 is 9.53 Å². The van der Waals surface area contributed by atoms with Crippen LogP contribution in [0.4, 0.5) is 0 Å². The fourth-order valence-corrected chi connectivity index (χ4v) is 1.34. The minimum Gasteiger partial charge on any atom is -0.491 e. The van der Waals surface area contributed by atoms with Gasteiger partial charge in [0.2, 0.25) is 0 Å². The molecule has 0 aliphatic rings. The van der Waals surface area contributed by atoms with E-state index in [9.17, 15) is 4.79 Å². The predicted octanol–water partition coefficient (Wildman–Crippen LogP) is 3.62. The first-order valence-electron chi connectivity index (χ1n) is 5.45. The maximum atomic E-state index is 11.8. The molecule has 0 spiro atoms. The summed E-state index contributed by atoms with van der Waals surface area (Å²) >= 11 is 0. The third kappa shape index (κ3) is 3.89. The molecule has 2 heteroatoms. The van der Waals surface area contributed by atoms with Gasteiger partial charge in [-0.15, -0.1) is 0 Å². The maximum absolute atomic E-state index is 11.8. The summed E-state index contributed by atoms with van der Waals surface area (Å²) < 4.78 is 5.54. The lowest BCUT2D eigenvalue weighted by atomic mass is 10.1. The van der Waals surface area contributed by atoms with E-state index in [0.29, 0.717) is 5.56 Å². The van der Waals surface area contributed by atoms with Gasteiger partial charge in [0, 0.05) is 5.56 Å². The van der Waals surface area contributed by atoms with E-state index in [2.05, 4.69) is 0 Å². The van der Waals surface area contributed by atoms with Crippen molar-refractivity contribution in [3.63, 3.8) is 0 Å². The highest BCUT2D eigenvalue weighted by Crippen LogP contribution is 2.16. The predicted molar refractivity (Wildman–Crippen MR) is 66.0 cm³/mol. The fourth-order valence-electron chi connectivity index (χ4n) is 1.34. The lowest BCUT2D eigenvalue weighted by molar-refractivity contribution is 0.104. The molecule has 0 saturated heterocycles. The van der Waals surface area contributed by atoms with Crippen LogP contribution in [0.3, 0.4) is 0 Å². The summed E-state index contributed by atoms with van der Waals surface area (Å²) in [6, 6.07) is 7.28. The fraction of sp³-hybridized carbons (Fsp3) is 0.357. The number of ketones is 1. The van der Waals surface area contributed by atoms with Crippen molar-refractivity contribution in [3.05, 3.63) is 41.5 Å². The molecule has 86 valence electrons. The SMILES string of the molecule is CC(C)=CC(=O)c1cccc(OC(C)C)c1. The number of benzene rings is 1. The van der Waals surface area contributed by atoms with Crippen molar-refractivity contribution in [3.8, 4) is 5.75 Å². The third-order valence-corrected chi connectivity index (χ3v) is 1.91. The molecule has 0 atom stereocenters. The number of rotatable bonds is 4. The zero-order valence-corrected chi connectivity index (χ0v) is 10.3. The van der Waals surface area contributed by atoms with E-state index in [-0.39, 0.29) is 11.9 Å². The smallest absolute Gasteiger partial charge is 0.185 e. The molecular formula is C14H18O2. The molecular weight excluding hydrogens is 200 g/mol. The Morgan fingerprint density at radius 1 is 1.31 bits per heavy atom. The molecule has 0 heterocycles. The van der Waals surface area contributed by atoms with Gasteiger partial charge in [-0.3, -0.25) is 4.79 Å². The Hall–Kier alpha value is -1.57. The summed E-state index contributed by atoms with van der Waals surface area (Å²) in [7, 11) is 0. The minimum absolute atomic E-state index is 0.0224. The summed E-state index contributed by atoms with van der Waals surface area (Å²) in [4.78, 5) is 11.8. The summed E-state index contributed by atoms with van der Waals surface area (Å²) in [5.74, 6) is 0.761. The van der Waals surface area contributed by atoms with Gasteiger partial charge in [0.1, 0.15) is 5.75 Å². The Labute approximate surface area is 96.9 Å². The highest BCUT2D eigenvalue weighted by Gasteiger charge is 2.04. The van der Waals surface area contributed by atoms with Gasteiger partial charge in [-0.2, -0.15) is 0 Å². The monoisotopic (exact) mass is 218 g/mol. The molecule has 1 rings (SSSR count). The molecule has 1 aromatic carbocycles. The molecule has 0 unspecified atom stereocenters. The second-order valence-corrected chi connectivity index (χ2v) is 4.28. The van der Waals surface area contributed by atoms with Gasteiger partial charge in [0.15, 0.2) is 5.78 Å². The second-order valence-electron chi connectivity index (χ2n) is 4.28. The molecule has 0 saturated carbocycles. The average Bonchev–Trinajstić information content (AvgIpc) is 2.16. The van der Waals surface area contributed by atoms with Crippen molar-refractivity contribution in [2.24, 2.45) is 0 Å². The van der Waals surface area contributed by atoms with E-state index >= 15 is 0 Å². The molecule has 0 radical (unpaired) electrons. The highest BCUT2D eigenvalue weighted by atomic mass is 16.5. The van der Waals surface area contributed by atoms with Gasteiger partial charge >= 0.3 is 0 Å². The molecule has 0 amide bonds. The van der Waals surface area contributed by atoms with Gasteiger partial charge in [0.05, 0.1) is 6.10 Å². The lowest BCUT2D eigenvalue weighted by Gasteiger charge is -2.09. The van der Waals surface area contributed by atoms with Crippen molar-refractivity contribution in [2.75, 3.05) is 0 Å². The van der Waals surface area contributed by atoms with E-state index < -0.39 is 0 Å². The number of hydrogen-bond donors (Lipinski definition) is 0. The maximum Gasteiger partial charge on any atom is 0.185 e. The van der Waals surface area contributed by atoms with Crippen LogP contribution in [0.2, 0.25) is 0 Å². The third-order valence-electron chi connectivity index (χ3n) is 1.91. The number of carbonyl (C=O) groups is 1. The molecule has 2 nitrogen and oxygen atoms in total. The van der Waals surface area contributed by atoms with Gasteiger partial charge in [0.25, 0.3) is 0 Å². The van der Waals surface area contributed by atoms with E-state index in [1.807, 2.05) is 39.8 Å². The van der Waals surface area contributed by atoms with Crippen LogP contribution in [0.1, 0.15) is 38.1 Å². The zero-order chi connectivity index (χ0) is 12.1. The van der Waals surface area contributed by atoms with E-state index in [1.54, 1.807) is 18.2 Å². The quantitative estimate of drug-likeness (QED) is 0.570. The minimum atomic E-state index is 0.0224. The van der Waals surface area contributed by atoms with Crippen LogP contribution in [0.5, 0.6) is 5.75 Å². The van der Waals surface area contributed by atoms with Gasteiger partial charge in [-0.05, 0) is 45.9 Å². The van der Waals surface area contributed by atoms with Crippen LogP contribution in [-0.2, 0) is 0 Å². The van der Waals surface area contributed by atoms with Crippen molar-refractivity contribution in [1.29, 1.82) is 0 Å². The van der Waals surface area contributed by atoms with Crippen molar-refractivity contribution in [1.82, 2.24) is 0 Å². The Bertz CT molecular complexity index is 399. The van der Waals surface area contributed by atoms with E-state index in [4.69, 9.17) is 4.74 Å². The average molecular weight is 218 g/mol. The van der Waals surface area contributed by atoms with Crippen LogP contribution in [-0.4, -0.2) is 11.9 Å². The first kappa shape index (κ1) is 12.5. The Morgan fingerprint density at radius 3 is 2.56 bits per heavy atom. The summed E-state index contributed by atoms with van der Waals surface area (Å²) in [6.45, 7) is 7.74. The van der Waals surface area contributed by atoms with Crippen molar-refractivity contribution >= 4 is 5.78 Å². The van der Waals surface area contributed by atoms with Gasteiger partial charge < -0.3 is 4.74 Å². The Kier molecular flexibility index (Phi) is 4.29. The van der Waals surface area contributed by atoms with Crippen LogP contribution in [0.25, 0.3) is 0 Å². The summed E-state index contributed by atoms with van der Waals surface area (Å²) in [6.07, 6.45) is 1.75. The zero-order valence-electron chi connectivity index (χ0n) is 10.3. The van der Waals surface area contributed by atoms with Gasteiger partial charge in [-0.25, -0.2) is 0 Å². The standard InChI is InChI=1S/C14H18O2/c1-10(2)8-14(15)12-6-5-7-13(9-12)16-11(3)4/h5-9,11H,1-4H3. The largest absolute Gasteiger partial charge is 0.491 e. The molecule has 0 fully saturated rings. The van der Waals surface area contributed by atoms with Crippen LogP contribution >= 0.6 is 0 Å². The molecule has 1 aromatic rings. The second kappa shape index (κ2) is 5.50. The molecule has 0 aromatic heterocycles. The number of ether oxygens (including phenoxy) is 1. The van der Waals surface area contributed by atoms with E-state index in [0.717, 1.165) is 11.3 Å². The summed E-state index contributed by atoms with van der Waals surface area (Å²) in [5.41, 5.74) is 1.67. The number of allylic oxidation sites excluding steroid dienone is 2. The number of hydrogen-bond acceptors (Lipinski definition) is 2. The Balaban J connectivity index is 2.90. The highest BCUT2D eigenvalue weighted by molar-refractivity contribution is 6.05. The van der Waals surface area contributed by atoms with E-state index in [1.165, 1.54) is 0 Å². The van der Waals surface area contributed by atoms with Crippen LogP contribution in [0, 0.1) is 0 Å². The lowest BCUT2D eigenvalue weighted by Crippen LogP contribution is -2.06. The molecule has 0 bridgehead atoms. The van der Waals surface area contributed by atoms with Gasteiger partial charge in [-0.1, -0.05) is 17.7 Å². The summed E-state index contributed by atoms with van der Waals surface area (Å²) in [5, 5.41) is 0. The number of carbonyl (C=O) groups excluding carboxylic acids is 1. The molecule has 16 heavy (non-hydrogen) atoms. The molecule has 0 N–H and O–H groups in total.